The Hall–Kier alpha value is -3.42. The highest BCUT2D eigenvalue weighted by molar-refractivity contribution is 6.31. The van der Waals surface area contributed by atoms with Gasteiger partial charge >= 0.3 is 0 Å². The number of ether oxygens (including phenoxy) is 2. The van der Waals surface area contributed by atoms with Crippen molar-refractivity contribution < 1.29 is 18.7 Å². The number of benzene rings is 2. The minimum absolute atomic E-state index is 0.168. The first-order chi connectivity index (χ1) is 16.8. The number of anilines is 1. The lowest BCUT2D eigenvalue weighted by Gasteiger charge is -2.15. The minimum atomic E-state index is -0.392. The zero-order valence-corrected chi connectivity index (χ0v) is 21.1. The first-order valence-electron chi connectivity index (χ1n) is 11.0. The number of halogens is 2. The lowest BCUT2D eigenvalue weighted by molar-refractivity contribution is 0.0992. The second-order valence-electron chi connectivity index (χ2n) is 8.30. The van der Waals surface area contributed by atoms with Crippen LogP contribution in [0, 0.1) is 6.92 Å². The summed E-state index contributed by atoms with van der Waals surface area (Å²) in [5, 5.41) is 8.24. The van der Waals surface area contributed by atoms with Crippen LogP contribution in [0.2, 0.25) is 10.0 Å². The summed E-state index contributed by atoms with van der Waals surface area (Å²) in [5.74, 6) is 1.93. The van der Waals surface area contributed by atoms with Gasteiger partial charge in [-0.25, -0.2) is 4.68 Å². The number of nitrogens with zero attached hydrogens (tertiary/aromatic N) is 2. The molecule has 0 aliphatic carbocycles. The van der Waals surface area contributed by atoms with Gasteiger partial charge in [-0.15, -0.1) is 0 Å². The molecule has 9 heteroatoms. The topological polar surface area (TPSA) is 78.5 Å². The molecule has 2 heterocycles. The molecule has 35 heavy (non-hydrogen) atoms. The number of amides is 1. The normalized spacial score (nSPS) is 11.0. The Morgan fingerprint density at radius 3 is 2.74 bits per heavy atom. The molecule has 0 unspecified atom stereocenters. The predicted octanol–water partition coefficient (Wildman–Crippen LogP) is 7.08. The first-order valence-corrected chi connectivity index (χ1v) is 11.8. The van der Waals surface area contributed by atoms with Gasteiger partial charge in [-0.1, -0.05) is 43.1 Å². The highest BCUT2D eigenvalue weighted by atomic mass is 35.5. The molecule has 0 aliphatic rings. The van der Waals surface area contributed by atoms with Crippen LogP contribution < -0.4 is 14.8 Å². The van der Waals surface area contributed by atoms with Crippen molar-refractivity contribution in [2.24, 2.45) is 0 Å². The zero-order chi connectivity index (χ0) is 24.9. The van der Waals surface area contributed by atoms with E-state index in [-0.39, 0.29) is 25.0 Å². The van der Waals surface area contributed by atoms with Crippen LogP contribution in [0.4, 0.5) is 5.69 Å². The fourth-order valence-corrected chi connectivity index (χ4v) is 3.71. The standard InChI is InChI=1S/C26H25Cl2N3O4/c1-16(2)22-11-23(28)17(3)9-25(22)33-14-21-7-8-24(35-21)26(32)30-19-12-29-31(13-19)15-34-20-6-4-5-18(27)10-20/h4-13,16H,14-15H2,1-3H3,(H,30,32). The van der Waals surface area contributed by atoms with Gasteiger partial charge in [0, 0.05) is 10.0 Å². The van der Waals surface area contributed by atoms with E-state index >= 15 is 0 Å². The Kier molecular flexibility index (Phi) is 7.68. The van der Waals surface area contributed by atoms with E-state index in [4.69, 9.17) is 37.1 Å². The molecule has 4 aromatic rings. The smallest absolute Gasteiger partial charge is 0.291 e. The van der Waals surface area contributed by atoms with E-state index in [0.717, 1.165) is 16.9 Å². The summed E-state index contributed by atoms with van der Waals surface area (Å²) in [6, 6.07) is 14.3. The molecule has 2 aromatic heterocycles. The van der Waals surface area contributed by atoms with Crippen molar-refractivity contribution in [3.8, 4) is 11.5 Å². The van der Waals surface area contributed by atoms with E-state index in [0.29, 0.717) is 27.2 Å². The molecule has 0 atom stereocenters. The van der Waals surface area contributed by atoms with Crippen LogP contribution in [0.3, 0.4) is 0 Å². The van der Waals surface area contributed by atoms with Crippen molar-refractivity contribution in [1.29, 1.82) is 0 Å². The van der Waals surface area contributed by atoms with E-state index in [1.165, 1.54) is 6.20 Å². The molecule has 4 rings (SSSR count). The zero-order valence-electron chi connectivity index (χ0n) is 19.5. The van der Waals surface area contributed by atoms with Crippen molar-refractivity contribution >= 4 is 34.8 Å². The SMILES string of the molecule is Cc1cc(OCc2ccc(C(=O)Nc3cnn(COc4cccc(Cl)c4)c3)o2)c(C(C)C)cc1Cl. The molecule has 0 bridgehead atoms. The Bertz CT molecular complexity index is 1330. The van der Waals surface area contributed by atoms with Crippen molar-refractivity contribution in [3.05, 3.63) is 93.6 Å². The third-order valence-electron chi connectivity index (χ3n) is 5.22. The molecule has 0 radical (unpaired) electrons. The highest BCUT2D eigenvalue weighted by Crippen LogP contribution is 2.32. The molecule has 1 N–H and O–H groups in total. The highest BCUT2D eigenvalue weighted by Gasteiger charge is 2.15. The summed E-state index contributed by atoms with van der Waals surface area (Å²) in [6.45, 7) is 6.44. The number of carbonyl (C=O) groups is 1. The van der Waals surface area contributed by atoms with Crippen LogP contribution in [-0.2, 0) is 13.3 Å². The minimum Gasteiger partial charge on any atom is -0.485 e. The van der Waals surface area contributed by atoms with Crippen LogP contribution in [0.15, 0.2) is 65.3 Å². The molecule has 0 spiro atoms. The number of furan rings is 1. The van der Waals surface area contributed by atoms with Gasteiger partial charge < -0.3 is 19.2 Å². The third-order valence-corrected chi connectivity index (χ3v) is 5.86. The van der Waals surface area contributed by atoms with Crippen LogP contribution in [0.25, 0.3) is 0 Å². The van der Waals surface area contributed by atoms with E-state index in [9.17, 15) is 4.79 Å². The lowest BCUT2D eigenvalue weighted by Crippen LogP contribution is -2.10. The van der Waals surface area contributed by atoms with Gasteiger partial charge in [-0.3, -0.25) is 4.79 Å². The van der Waals surface area contributed by atoms with Gasteiger partial charge in [-0.05, 0) is 66.4 Å². The Morgan fingerprint density at radius 1 is 1.14 bits per heavy atom. The van der Waals surface area contributed by atoms with E-state index in [1.54, 1.807) is 47.3 Å². The molecule has 7 nitrogen and oxygen atoms in total. The molecule has 0 saturated heterocycles. The molecule has 182 valence electrons. The maximum absolute atomic E-state index is 12.6. The molecule has 0 aliphatic heterocycles. The summed E-state index contributed by atoms with van der Waals surface area (Å²) >= 11 is 12.2. The largest absolute Gasteiger partial charge is 0.485 e. The van der Waals surface area contributed by atoms with E-state index in [1.807, 2.05) is 19.1 Å². The van der Waals surface area contributed by atoms with Crippen LogP contribution in [-0.4, -0.2) is 15.7 Å². The van der Waals surface area contributed by atoms with Gasteiger partial charge in [0.2, 0.25) is 0 Å². The van der Waals surface area contributed by atoms with Crippen LogP contribution in [0.1, 0.15) is 47.2 Å². The summed E-state index contributed by atoms with van der Waals surface area (Å²) in [4.78, 5) is 12.6. The summed E-state index contributed by atoms with van der Waals surface area (Å²) < 4.78 is 18.9. The summed E-state index contributed by atoms with van der Waals surface area (Å²) in [6.07, 6.45) is 3.19. The maximum atomic E-state index is 12.6. The van der Waals surface area contributed by atoms with Gasteiger partial charge in [-0.2, -0.15) is 5.10 Å². The number of rotatable bonds is 9. The number of hydrogen-bond acceptors (Lipinski definition) is 5. The van der Waals surface area contributed by atoms with Gasteiger partial charge in [0.15, 0.2) is 12.5 Å². The van der Waals surface area contributed by atoms with Gasteiger partial charge in [0.1, 0.15) is 23.9 Å². The average molecular weight is 514 g/mol. The number of nitrogens with one attached hydrogen (secondary N) is 1. The van der Waals surface area contributed by atoms with E-state index in [2.05, 4.69) is 24.3 Å². The van der Waals surface area contributed by atoms with Crippen LogP contribution >= 0.6 is 23.2 Å². The summed E-state index contributed by atoms with van der Waals surface area (Å²) in [5.41, 5.74) is 2.46. The Labute approximate surface area is 213 Å². The summed E-state index contributed by atoms with van der Waals surface area (Å²) in [7, 11) is 0. The molecule has 0 saturated carbocycles. The lowest BCUT2D eigenvalue weighted by atomic mass is 10.0. The quantitative estimate of drug-likeness (QED) is 0.258. The van der Waals surface area contributed by atoms with Crippen molar-refractivity contribution in [1.82, 2.24) is 9.78 Å². The Morgan fingerprint density at radius 2 is 1.97 bits per heavy atom. The molecule has 0 fully saturated rings. The maximum Gasteiger partial charge on any atom is 0.291 e. The second kappa shape index (κ2) is 10.9. The number of hydrogen-bond donors (Lipinski definition) is 1. The van der Waals surface area contributed by atoms with Crippen molar-refractivity contribution in [2.45, 2.75) is 40.0 Å². The van der Waals surface area contributed by atoms with Crippen molar-refractivity contribution in [3.63, 3.8) is 0 Å². The van der Waals surface area contributed by atoms with Gasteiger partial charge in [0.05, 0.1) is 18.1 Å². The van der Waals surface area contributed by atoms with E-state index < -0.39 is 5.91 Å². The monoisotopic (exact) mass is 513 g/mol. The molecule has 2 aromatic carbocycles. The molecular weight excluding hydrogens is 489 g/mol. The van der Waals surface area contributed by atoms with Crippen LogP contribution in [0.5, 0.6) is 11.5 Å². The number of aryl methyl sites for hydroxylation is 1. The number of aromatic nitrogens is 2. The molecular formula is C26H25Cl2N3O4. The fraction of sp³-hybridized carbons (Fsp3) is 0.231. The Balaban J connectivity index is 1.33. The fourth-order valence-electron chi connectivity index (χ4n) is 3.36. The van der Waals surface area contributed by atoms with Crippen molar-refractivity contribution in [2.75, 3.05) is 5.32 Å². The van der Waals surface area contributed by atoms with Gasteiger partial charge in [0.25, 0.3) is 5.91 Å². The number of carbonyl (C=O) groups excluding carboxylic acids is 1. The predicted molar refractivity (Wildman–Crippen MR) is 136 cm³/mol. The third kappa shape index (κ3) is 6.38. The first kappa shape index (κ1) is 24.7. The average Bonchev–Trinajstić information content (AvgIpc) is 3.48. The molecule has 1 amide bonds. The second-order valence-corrected chi connectivity index (χ2v) is 9.15.